The maximum atomic E-state index is 9.48. The Hall–Kier alpha value is -0.510. The summed E-state index contributed by atoms with van der Waals surface area (Å²) in [7, 11) is 0. The lowest BCUT2D eigenvalue weighted by Crippen LogP contribution is -2.44. The van der Waals surface area contributed by atoms with Gasteiger partial charge in [-0.15, -0.1) is 0 Å². The molecule has 0 N–H and O–H groups in total. The quantitative estimate of drug-likeness (QED) is 0.631. The van der Waals surface area contributed by atoms with Crippen LogP contribution in [0.4, 0.5) is 0 Å². The molecule has 0 saturated heterocycles. The lowest BCUT2D eigenvalue weighted by atomic mass is 9.51. The van der Waals surface area contributed by atoms with E-state index in [1.165, 1.54) is 38.5 Å². The van der Waals surface area contributed by atoms with Crippen LogP contribution in [0.25, 0.3) is 0 Å². The Bertz CT molecular complexity index is 257. The summed E-state index contributed by atoms with van der Waals surface area (Å²) in [6.45, 7) is 6.70. The van der Waals surface area contributed by atoms with E-state index in [-0.39, 0.29) is 11.3 Å². The number of fused-ring (bicyclic) bond motifs is 3. The molecular formula is C14H23N. The van der Waals surface area contributed by atoms with Crippen molar-refractivity contribution in [2.24, 2.45) is 22.7 Å². The summed E-state index contributed by atoms with van der Waals surface area (Å²) in [5, 5.41) is 9.48. The van der Waals surface area contributed by atoms with Crippen LogP contribution in [0, 0.1) is 34.0 Å². The first-order valence-electron chi connectivity index (χ1n) is 6.38. The number of hydrogen-bond donors (Lipinski definition) is 0. The third kappa shape index (κ3) is 1.80. The van der Waals surface area contributed by atoms with Gasteiger partial charge in [0.1, 0.15) is 0 Å². The van der Waals surface area contributed by atoms with Crippen LogP contribution >= 0.6 is 0 Å². The summed E-state index contributed by atoms with van der Waals surface area (Å²) in [6, 6.07) is 2.63. The van der Waals surface area contributed by atoms with Crippen LogP contribution < -0.4 is 0 Å². The van der Waals surface area contributed by atoms with Crippen LogP contribution in [0.2, 0.25) is 0 Å². The Kier molecular flexibility index (Phi) is 2.57. The number of nitrogens with zero attached hydrogens (tertiary/aromatic N) is 1. The molecule has 0 aromatic carbocycles. The average molecular weight is 205 g/mol. The van der Waals surface area contributed by atoms with Crippen LogP contribution in [-0.4, -0.2) is 0 Å². The second-order valence-electron chi connectivity index (χ2n) is 6.77. The lowest BCUT2D eigenvalue weighted by Gasteiger charge is -2.52. The smallest absolute Gasteiger partial charge is 0.0667 e. The zero-order chi connectivity index (χ0) is 11.1. The highest BCUT2D eigenvalue weighted by molar-refractivity contribution is 5.07. The van der Waals surface area contributed by atoms with Gasteiger partial charge in [0.15, 0.2) is 0 Å². The van der Waals surface area contributed by atoms with Crippen molar-refractivity contribution >= 4 is 0 Å². The Morgan fingerprint density at radius 1 is 1.13 bits per heavy atom. The highest BCUT2D eigenvalue weighted by Gasteiger charge is 2.49. The van der Waals surface area contributed by atoms with Gasteiger partial charge in [-0.2, -0.15) is 5.26 Å². The Morgan fingerprint density at radius 2 is 1.60 bits per heavy atom. The normalized spacial score (nSPS) is 37.3. The molecule has 3 rings (SSSR count). The fraction of sp³-hybridized carbons (Fsp3) is 0.929. The van der Waals surface area contributed by atoms with Crippen molar-refractivity contribution in [3.05, 3.63) is 0 Å². The first kappa shape index (κ1) is 11.0. The monoisotopic (exact) mass is 205 g/mol. The largest absolute Gasteiger partial charge is 0.198 e. The number of nitriles is 1. The van der Waals surface area contributed by atoms with Crippen molar-refractivity contribution in [3.63, 3.8) is 0 Å². The summed E-state index contributed by atoms with van der Waals surface area (Å²) in [5.41, 5.74) is 0.528. The van der Waals surface area contributed by atoms with Crippen LogP contribution in [-0.2, 0) is 0 Å². The van der Waals surface area contributed by atoms with E-state index < -0.39 is 0 Å². The second kappa shape index (κ2) is 3.51. The summed E-state index contributed by atoms with van der Waals surface area (Å²) in [5.74, 6) is 1.25. The molecule has 3 aliphatic carbocycles. The van der Waals surface area contributed by atoms with E-state index in [9.17, 15) is 5.26 Å². The van der Waals surface area contributed by atoms with E-state index in [0.29, 0.717) is 5.41 Å². The Labute approximate surface area is 93.9 Å². The highest BCUT2D eigenvalue weighted by atomic mass is 14.5. The summed E-state index contributed by atoms with van der Waals surface area (Å²) < 4.78 is 0. The molecule has 0 radical (unpaired) electrons. The summed E-state index contributed by atoms with van der Waals surface area (Å²) in [6.07, 6.45) is 8.09. The molecule has 2 bridgehead atoms. The molecule has 0 aromatic rings. The van der Waals surface area contributed by atoms with E-state index in [4.69, 9.17) is 0 Å². The molecule has 15 heavy (non-hydrogen) atoms. The molecule has 0 heterocycles. The minimum absolute atomic E-state index is 0.152. The van der Waals surface area contributed by atoms with Crippen molar-refractivity contribution in [1.82, 2.24) is 0 Å². The minimum Gasteiger partial charge on any atom is -0.198 e. The SMILES string of the molecule is CC(C)(C)C(C#N)C12CCC(CC1)CC2. The third-order valence-corrected chi connectivity index (χ3v) is 4.76. The predicted molar refractivity (Wildman–Crippen MR) is 62.2 cm³/mol. The molecule has 3 aliphatic rings. The van der Waals surface area contributed by atoms with Gasteiger partial charge >= 0.3 is 0 Å². The molecule has 1 unspecified atom stereocenters. The van der Waals surface area contributed by atoms with E-state index in [0.717, 1.165) is 5.92 Å². The molecule has 0 amide bonds. The summed E-state index contributed by atoms with van der Waals surface area (Å²) >= 11 is 0. The van der Waals surface area contributed by atoms with Gasteiger partial charge in [-0.1, -0.05) is 20.8 Å². The zero-order valence-electron chi connectivity index (χ0n) is 10.3. The van der Waals surface area contributed by atoms with Crippen LogP contribution in [0.5, 0.6) is 0 Å². The topological polar surface area (TPSA) is 23.8 Å². The number of hydrogen-bond acceptors (Lipinski definition) is 1. The van der Waals surface area contributed by atoms with Gasteiger partial charge in [0.05, 0.1) is 12.0 Å². The molecule has 0 aromatic heterocycles. The van der Waals surface area contributed by atoms with Gasteiger partial charge in [-0.3, -0.25) is 0 Å². The van der Waals surface area contributed by atoms with Crippen molar-refractivity contribution in [3.8, 4) is 6.07 Å². The fourth-order valence-electron chi connectivity index (χ4n) is 3.96. The van der Waals surface area contributed by atoms with Crippen molar-refractivity contribution in [2.75, 3.05) is 0 Å². The van der Waals surface area contributed by atoms with Crippen molar-refractivity contribution in [2.45, 2.75) is 59.3 Å². The molecule has 0 spiro atoms. The maximum absolute atomic E-state index is 9.48. The molecule has 1 heteroatoms. The van der Waals surface area contributed by atoms with Gasteiger partial charge in [0, 0.05) is 0 Å². The van der Waals surface area contributed by atoms with Crippen LogP contribution in [0.15, 0.2) is 0 Å². The third-order valence-electron chi connectivity index (χ3n) is 4.76. The van der Waals surface area contributed by atoms with Gasteiger partial charge in [-0.05, 0) is 55.3 Å². The van der Waals surface area contributed by atoms with E-state index in [2.05, 4.69) is 26.8 Å². The fourth-order valence-corrected chi connectivity index (χ4v) is 3.96. The standard InChI is InChI=1S/C14H23N/c1-13(2,3)12(10-15)14-7-4-11(5-8-14)6-9-14/h11-12H,4-9H2,1-3H3. The molecule has 3 fully saturated rings. The van der Waals surface area contributed by atoms with E-state index in [1.54, 1.807) is 0 Å². The molecule has 1 nitrogen and oxygen atoms in total. The molecule has 0 aliphatic heterocycles. The van der Waals surface area contributed by atoms with Gasteiger partial charge in [-0.25, -0.2) is 0 Å². The summed E-state index contributed by atoms with van der Waals surface area (Å²) in [4.78, 5) is 0. The maximum Gasteiger partial charge on any atom is 0.0667 e. The Morgan fingerprint density at radius 3 is 1.93 bits per heavy atom. The number of rotatable bonds is 1. The molecule has 3 saturated carbocycles. The predicted octanol–water partition coefficient (Wildman–Crippen LogP) is 4.14. The first-order chi connectivity index (χ1) is 6.98. The van der Waals surface area contributed by atoms with Crippen LogP contribution in [0.1, 0.15) is 59.3 Å². The van der Waals surface area contributed by atoms with Gasteiger partial charge in [0.25, 0.3) is 0 Å². The van der Waals surface area contributed by atoms with Crippen molar-refractivity contribution < 1.29 is 0 Å². The van der Waals surface area contributed by atoms with Gasteiger partial charge < -0.3 is 0 Å². The van der Waals surface area contributed by atoms with Crippen molar-refractivity contribution in [1.29, 1.82) is 5.26 Å². The van der Waals surface area contributed by atoms with Crippen LogP contribution in [0.3, 0.4) is 0 Å². The Balaban J connectivity index is 2.23. The van der Waals surface area contributed by atoms with E-state index >= 15 is 0 Å². The minimum atomic E-state index is 0.152. The molecule has 84 valence electrons. The zero-order valence-corrected chi connectivity index (χ0v) is 10.3. The van der Waals surface area contributed by atoms with Gasteiger partial charge in [0.2, 0.25) is 0 Å². The van der Waals surface area contributed by atoms with E-state index in [1.807, 2.05) is 0 Å². The second-order valence-corrected chi connectivity index (χ2v) is 6.77. The highest BCUT2D eigenvalue weighted by Crippen LogP contribution is 2.57. The average Bonchev–Trinajstić information content (AvgIpc) is 2.18. The lowest BCUT2D eigenvalue weighted by molar-refractivity contribution is -0.0122. The first-order valence-corrected chi connectivity index (χ1v) is 6.38. The molecule has 1 atom stereocenters. The molecular weight excluding hydrogens is 182 g/mol.